The molecule has 1 aromatic heterocycles. The summed E-state index contributed by atoms with van der Waals surface area (Å²) in [6, 6.07) is 14.7. The Morgan fingerprint density at radius 1 is 1.10 bits per heavy atom. The lowest BCUT2D eigenvalue weighted by molar-refractivity contribution is -0.119. The van der Waals surface area contributed by atoms with Crippen LogP contribution in [0.25, 0.3) is 16.6 Å². The molecule has 0 fully saturated rings. The third kappa shape index (κ3) is 5.02. The van der Waals surface area contributed by atoms with Gasteiger partial charge in [-0.1, -0.05) is 37.7 Å². The lowest BCUT2D eigenvalue weighted by atomic mass is 10.2. The summed E-state index contributed by atoms with van der Waals surface area (Å²) < 4.78 is 7.07. The number of fused-ring (bicyclic) bond motifs is 1. The predicted molar refractivity (Wildman–Crippen MR) is 122 cm³/mol. The molecule has 7 heteroatoms. The normalized spacial score (nSPS) is 11.1. The minimum atomic E-state index is -0.160. The molecule has 1 N–H and O–H groups in total. The van der Waals surface area contributed by atoms with Gasteiger partial charge < -0.3 is 10.1 Å². The standard InChI is InChI=1S/C23H27N3O3S/c1-4-16(5-2)24-21(27)15-30-23-25-20-10-8-7-9-19(20)22(28)26(23)17-11-13-18(14-12-17)29-6-3/h7-14,16H,4-6,15H2,1-3H3,(H,24,27). The first-order valence-electron chi connectivity index (χ1n) is 10.2. The van der Waals surface area contributed by atoms with Crippen molar-refractivity contribution in [2.24, 2.45) is 0 Å². The quantitative estimate of drug-likeness (QED) is 0.411. The molecule has 30 heavy (non-hydrogen) atoms. The molecule has 0 aliphatic carbocycles. The van der Waals surface area contributed by atoms with Crippen molar-refractivity contribution in [2.75, 3.05) is 12.4 Å². The van der Waals surface area contributed by atoms with Crippen LogP contribution in [0.3, 0.4) is 0 Å². The van der Waals surface area contributed by atoms with Crippen LogP contribution in [0.5, 0.6) is 5.75 Å². The highest BCUT2D eigenvalue weighted by Gasteiger charge is 2.16. The van der Waals surface area contributed by atoms with Gasteiger partial charge in [0.05, 0.1) is 29.0 Å². The zero-order valence-electron chi connectivity index (χ0n) is 17.6. The highest BCUT2D eigenvalue weighted by atomic mass is 32.2. The maximum Gasteiger partial charge on any atom is 0.266 e. The number of nitrogens with zero attached hydrogens (tertiary/aromatic N) is 2. The lowest BCUT2D eigenvalue weighted by Crippen LogP contribution is -2.35. The third-order valence-corrected chi connectivity index (χ3v) is 5.77. The summed E-state index contributed by atoms with van der Waals surface area (Å²) >= 11 is 1.26. The first-order chi connectivity index (χ1) is 14.6. The molecule has 0 aliphatic rings. The molecule has 1 heterocycles. The Bertz CT molecular complexity index is 1060. The average Bonchev–Trinajstić information content (AvgIpc) is 2.77. The minimum Gasteiger partial charge on any atom is -0.494 e. The smallest absolute Gasteiger partial charge is 0.266 e. The second-order valence-electron chi connectivity index (χ2n) is 6.85. The van der Waals surface area contributed by atoms with E-state index in [4.69, 9.17) is 4.74 Å². The Morgan fingerprint density at radius 3 is 2.47 bits per heavy atom. The fourth-order valence-corrected chi connectivity index (χ4v) is 4.01. The van der Waals surface area contributed by atoms with E-state index in [0.29, 0.717) is 28.4 Å². The van der Waals surface area contributed by atoms with E-state index in [1.54, 1.807) is 10.6 Å². The summed E-state index contributed by atoms with van der Waals surface area (Å²) in [5.74, 6) is 0.870. The number of ether oxygens (including phenoxy) is 1. The molecule has 6 nitrogen and oxygen atoms in total. The summed E-state index contributed by atoms with van der Waals surface area (Å²) in [5, 5.41) is 4.06. The van der Waals surface area contributed by atoms with Crippen molar-refractivity contribution in [2.45, 2.75) is 44.8 Å². The van der Waals surface area contributed by atoms with Gasteiger partial charge in [-0.15, -0.1) is 0 Å². The Morgan fingerprint density at radius 2 is 1.80 bits per heavy atom. The predicted octanol–water partition coefficient (Wildman–Crippen LogP) is 4.18. The number of hydrogen-bond acceptors (Lipinski definition) is 5. The van der Waals surface area contributed by atoms with Gasteiger partial charge in [-0.2, -0.15) is 0 Å². The number of para-hydroxylation sites is 1. The molecule has 0 bridgehead atoms. The summed E-state index contributed by atoms with van der Waals surface area (Å²) in [6.45, 7) is 6.60. The SMILES string of the molecule is CCOc1ccc(-n2c(SCC(=O)NC(CC)CC)nc3ccccc3c2=O)cc1. The number of carbonyl (C=O) groups is 1. The number of carbonyl (C=O) groups excluding carboxylic acids is 1. The van der Waals surface area contributed by atoms with Gasteiger partial charge in [-0.25, -0.2) is 4.98 Å². The van der Waals surface area contributed by atoms with Crippen molar-refractivity contribution in [3.63, 3.8) is 0 Å². The van der Waals surface area contributed by atoms with Gasteiger partial charge >= 0.3 is 0 Å². The summed E-state index contributed by atoms with van der Waals surface area (Å²) in [5.41, 5.74) is 1.14. The second kappa shape index (κ2) is 10.3. The van der Waals surface area contributed by atoms with Crippen molar-refractivity contribution >= 4 is 28.6 Å². The zero-order chi connectivity index (χ0) is 21.5. The minimum absolute atomic E-state index is 0.0608. The Kier molecular flexibility index (Phi) is 7.52. The lowest BCUT2D eigenvalue weighted by Gasteiger charge is -2.16. The third-order valence-electron chi connectivity index (χ3n) is 4.83. The van der Waals surface area contributed by atoms with Crippen LogP contribution in [0.2, 0.25) is 0 Å². The first-order valence-corrected chi connectivity index (χ1v) is 11.2. The van der Waals surface area contributed by atoms with E-state index in [-0.39, 0.29) is 23.3 Å². The number of hydrogen-bond donors (Lipinski definition) is 1. The number of amides is 1. The fraction of sp³-hybridized carbons (Fsp3) is 0.348. The number of aromatic nitrogens is 2. The van der Waals surface area contributed by atoms with E-state index in [9.17, 15) is 9.59 Å². The first kappa shape index (κ1) is 21.9. The Labute approximate surface area is 180 Å². The molecule has 3 rings (SSSR count). The number of nitrogens with one attached hydrogen (secondary N) is 1. The van der Waals surface area contributed by atoms with Crippen molar-refractivity contribution in [3.8, 4) is 11.4 Å². The molecular formula is C23H27N3O3S. The van der Waals surface area contributed by atoms with E-state index >= 15 is 0 Å². The largest absolute Gasteiger partial charge is 0.494 e. The van der Waals surface area contributed by atoms with Crippen LogP contribution in [0.15, 0.2) is 58.5 Å². The Hall–Kier alpha value is -2.80. The van der Waals surface area contributed by atoms with Gasteiger partial charge in [0.25, 0.3) is 5.56 Å². The van der Waals surface area contributed by atoms with E-state index in [1.165, 1.54) is 11.8 Å². The maximum absolute atomic E-state index is 13.3. The van der Waals surface area contributed by atoms with Crippen molar-refractivity contribution in [1.82, 2.24) is 14.9 Å². The van der Waals surface area contributed by atoms with Gasteiger partial charge in [-0.05, 0) is 56.2 Å². The molecule has 158 valence electrons. The van der Waals surface area contributed by atoms with Crippen LogP contribution in [0.4, 0.5) is 0 Å². The van der Waals surface area contributed by atoms with Crippen molar-refractivity contribution in [1.29, 1.82) is 0 Å². The monoisotopic (exact) mass is 425 g/mol. The van der Waals surface area contributed by atoms with Gasteiger partial charge in [0.2, 0.25) is 5.91 Å². The summed E-state index contributed by atoms with van der Waals surface area (Å²) in [7, 11) is 0. The molecule has 0 spiro atoms. The van der Waals surface area contributed by atoms with Crippen LogP contribution in [0, 0.1) is 0 Å². The molecule has 3 aromatic rings. The molecule has 0 saturated heterocycles. The van der Waals surface area contributed by atoms with Gasteiger partial charge in [0.15, 0.2) is 5.16 Å². The van der Waals surface area contributed by atoms with Crippen LogP contribution in [-0.4, -0.2) is 33.9 Å². The van der Waals surface area contributed by atoms with E-state index in [1.807, 2.05) is 49.4 Å². The van der Waals surface area contributed by atoms with Crippen LogP contribution >= 0.6 is 11.8 Å². The summed E-state index contributed by atoms with van der Waals surface area (Å²) in [4.78, 5) is 30.3. The van der Waals surface area contributed by atoms with E-state index in [2.05, 4.69) is 24.1 Å². The van der Waals surface area contributed by atoms with Crippen molar-refractivity contribution in [3.05, 3.63) is 58.9 Å². The van der Waals surface area contributed by atoms with Crippen LogP contribution in [0.1, 0.15) is 33.6 Å². The van der Waals surface area contributed by atoms with Gasteiger partial charge in [0.1, 0.15) is 5.75 Å². The molecule has 0 radical (unpaired) electrons. The molecule has 2 aromatic carbocycles. The highest BCUT2D eigenvalue weighted by molar-refractivity contribution is 7.99. The molecule has 0 unspecified atom stereocenters. The van der Waals surface area contributed by atoms with Crippen LogP contribution < -0.4 is 15.6 Å². The van der Waals surface area contributed by atoms with Gasteiger partial charge in [0, 0.05) is 6.04 Å². The highest BCUT2D eigenvalue weighted by Crippen LogP contribution is 2.23. The van der Waals surface area contributed by atoms with Crippen molar-refractivity contribution < 1.29 is 9.53 Å². The van der Waals surface area contributed by atoms with Gasteiger partial charge in [-0.3, -0.25) is 14.2 Å². The molecule has 1 amide bonds. The van der Waals surface area contributed by atoms with Crippen LogP contribution in [-0.2, 0) is 4.79 Å². The zero-order valence-corrected chi connectivity index (χ0v) is 18.4. The summed E-state index contributed by atoms with van der Waals surface area (Å²) in [6.07, 6.45) is 1.77. The Balaban J connectivity index is 1.96. The number of thioether (sulfide) groups is 1. The average molecular weight is 426 g/mol. The number of benzene rings is 2. The van der Waals surface area contributed by atoms with E-state index in [0.717, 1.165) is 18.6 Å². The number of rotatable bonds is 9. The topological polar surface area (TPSA) is 73.2 Å². The molecular weight excluding hydrogens is 398 g/mol. The fourth-order valence-electron chi connectivity index (χ4n) is 3.19. The molecule has 0 atom stereocenters. The van der Waals surface area contributed by atoms with E-state index < -0.39 is 0 Å². The molecule has 0 aliphatic heterocycles. The molecule has 0 saturated carbocycles. The maximum atomic E-state index is 13.3. The second-order valence-corrected chi connectivity index (χ2v) is 7.79.